The van der Waals surface area contributed by atoms with Gasteiger partial charge in [0.05, 0.1) is 17.7 Å². The Morgan fingerprint density at radius 2 is 2.22 bits per heavy atom. The van der Waals surface area contributed by atoms with Crippen molar-refractivity contribution >= 4 is 5.91 Å². The highest BCUT2D eigenvalue weighted by atomic mass is 16.5. The third-order valence-corrected chi connectivity index (χ3v) is 4.00. The van der Waals surface area contributed by atoms with Crippen molar-refractivity contribution in [2.45, 2.75) is 31.6 Å². The second-order valence-electron chi connectivity index (χ2n) is 6.05. The number of aromatic nitrogens is 1. The number of aliphatic hydroxyl groups is 1. The number of aromatic amines is 1. The lowest BCUT2D eigenvalue weighted by atomic mass is 9.86. The Hall–Kier alpha value is -2.78. The fraction of sp³-hybridized carbons (Fsp3) is 0.294. The summed E-state index contributed by atoms with van der Waals surface area (Å²) in [7, 11) is 0. The first-order valence-corrected chi connectivity index (χ1v) is 7.28. The topological polar surface area (TPSA) is 98.1 Å². The number of aliphatic hydroxyl groups excluding tert-OH is 1. The van der Waals surface area contributed by atoms with E-state index in [1.54, 1.807) is 50.4 Å². The van der Waals surface area contributed by atoms with E-state index in [0.29, 0.717) is 22.6 Å². The van der Waals surface area contributed by atoms with Crippen LogP contribution in [0.25, 0.3) is 0 Å². The van der Waals surface area contributed by atoms with E-state index in [-0.39, 0.29) is 5.91 Å². The van der Waals surface area contributed by atoms with E-state index in [1.165, 1.54) is 0 Å². The number of amides is 1. The fourth-order valence-corrected chi connectivity index (χ4v) is 2.72. The molecule has 0 bridgehead atoms. The van der Waals surface area contributed by atoms with Crippen LogP contribution in [0.3, 0.4) is 0 Å². The van der Waals surface area contributed by atoms with Crippen molar-refractivity contribution in [3.8, 4) is 11.8 Å². The van der Waals surface area contributed by atoms with E-state index >= 15 is 0 Å². The molecular formula is C17H17N3O3. The molecule has 1 unspecified atom stereocenters. The number of ether oxygens (including phenoxy) is 1. The molecule has 1 aliphatic heterocycles. The third-order valence-electron chi connectivity index (χ3n) is 4.00. The number of carbonyl (C=O) groups excluding carboxylic acids is 1. The van der Waals surface area contributed by atoms with Crippen molar-refractivity contribution < 1.29 is 14.6 Å². The molecule has 0 saturated heterocycles. The molecule has 0 spiro atoms. The number of H-pyrrole nitrogens is 1. The number of nitrogens with zero attached hydrogens (tertiary/aromatic N) is 1. The highest BCUT2D eigenvalue weighted by molar-refractivity contribution is 5.92. The Bertz CT molecular complexity index is 775. The molecule has 6 heteroatoms. The molecule has 1 aliphatic rings. The number of fused-ring (bicyclic) bond motifs is 1. The molecule has 0 radical (unpaired) electrons. The number of benzene rings is 1. The second kappa shape index (κ2) is 5.45. The van der Waals surface area contributed by atoms with Crippen molar-refractivity contribution in [2.75, 3.05) is 0 Å². The molecule has 6 nitrogen and oxygen atoms in total. The zero-order valence-corrected chi connectivity index (χ0v) is 12.8. The van der Waals surface area contributed by atoms with Crippen LogP contribution in [0.1, 0.15) is 41.5 Å². The van der Waals surface area contributed by atoms with Crippen LogP contribution < -0.4 is 10.1 Å². The molecule has 1 aromatic carbocycles. The summed E-state index contributed by atoms with van der Waals surface area (Å²) in [6.07, 6.45) is 0.698. The van der Waals surface area contributed by atoms with Crippen LogP contribution in [-0.2, 0) is 0 Å². The minimum Gasteiger partial charge on any atom is -0.485 e. The van der Waals surface area contributed by atoms with Gasteiger partial charge in [-0.1, -0.05) is 0 Å². The van der Waals surface area contributed by atoms with Gasteiger partial charge in [-0.15, -0.1) is 0 Å². The van der Waals surface area contributed by atoms with Gasteiger partial charge in [0.25, 0.3) is 5.91 Å². The zero-order valence-electron chi connectivity index (χ0n) is 12.8. The predicted octanol–water partition coefficient (Wildman–Crippen LogP) is 1.89. The normalized spacial score (nSPS) is 21.7. The number of carbonyl (C=O) groups is 1. The van der Waals surface area contributed by atoms with E-state index in [4.69, 9.17) is 10.00 Å². The predicted molar refractivity (Wildman–Crippen MR) is 82.9 cm³/mol. The van der Waals surface area contributed by atoms with Crippen molar-refractivity contribution in [3.63, 3.8) is 0 Å². The summed E-state index contributed by atoms with van der Waals surface area (Å²) in [5.74, 6) is 0.223. The maximum atomic E-state index is 12.3. The lowest BCUT2D eigenvalue weighted by Gasteiger charge is -2.42. The Balaban J connectivity index is 2.00. The minimum absolute atomic E-state index is 0.329. The smallest absolute Gasteiger partial charge is 0.268 e. The standard InChI is InChI=1S/C17H17N3O3/c1-17(2)15(21)14(20-16(22)12-4-3-7-19-12)11-8-10(9-18)5-6-13(11)23-17/h3-8,14-15,19,21H,1-2H3,(H,20,22)/t14?,15-/m0/s1. The Labute approximate surface area is 133 Å². The maximum absolute atomic E-state index is 12.3. The van der Waals surface area contributed by atoms with E-state index in [9.17, 15) is 9.90 Å². The number of nitriles is 1. The van der Waals surface area contributed by atoms with Crippen LogP contribution >= 0.6 is 0 Å². The van der Waals surface area contributed by atoms with Crippen molar-refractivity contribution in [1.82, 2.24) is 10.3 Å². The highest BCUT2D eigenvalue weighted by Gasteiger charge is 2.43. The van der Waals surface area contributed by atoms with Crippen LogP contribution in [-0.4, -0.2) is 27.7 Å². The van der Waals surface area contributed by atoms with Gasteiger partial charge in [-0.3, -0.25) is 4.79 Å². The molecule has 2 heterocycles. The maximum Gasteiger partial charge on any atom is 0.268 e. The quantitative estimate of drug-likeness (QED) is 0.788. The Kier molecular flexibility index (Phi) is 3.58. The summed E-state index contributed by atoms with van der Waals surface area (Å²) in [6, 6.07) is 9.74. The number of nitrogens with one attached hydrogen (secondary N) is 2. The summed E-state index contributed by atoms with van der Waals surface area (Å²) in [4.78, 5) is 15.2. The highest BCUT2D eigenvalue weighted by Crippen LogP contribution is 2.40. The lowest BCUT2D eigenvalue weighted by molar-refractivity contribution is -0.0628. The van der Waals surface area contributed by atoms with E-state index in [2.05, 4.69) is 16.4 Å². The molecule has 2 atom stereocenters. The summed E-state index contributed by atoms with van der Waals surface area (Å²) < 4.78 is 5.82. The average Bonchev–Trinajstić information content (AvgIpc) is 3.05. The van der Waals surface area contributed by atoms with Crippen LogP contribution in [0, 0.1) is 11.3 Å². The molecule has 0 fully saturated rings. The second-order valence-corrected chi connectivity index (χ2v) is 6.05. The molecule has 0 saturated carbocycles. The lowest BCUT2D eigenvalue weighted by Crippen LogP contribution is -2.53. The molecule has 1 amide bonds. The van der Waals surface area contributed by atoms with Crippen LogP contribution in [0.15, 0.2) is 36.5 Å². The first-order chi connectivity index (χ1) is 10.9. The number of hydrogen-bond donors (Lipinski definition) is 3. The fourth-order valence-electron chi connectivity index (χ4n) is 2.72. The van der Waals surface area contributed by atoms with E-state index in [1.807, 2.05) is 0 Å². The SMILES string of the molecule is CC1(C)Oc2ccc(C#N)cc2C(NC(=O)c2ccc[nH]2)[C@@H]1O. The molecule has 0 aliphatic carbocycles. The van der Waals surface area contributed by atoms with Gasteiger partial charge in [-0.25, -0.2) is 0 Å². The molecule has 2 aromatic rings. The number of hydrogen-bond acceptors (Lipinski definition) is 4. The summed E-state index contributed by atoms with van der Waals surface area (Å²) in [5, 5.41) is 22.5. The summed E-state index contributed by atoms with van der Waals surface area (Å²) >= 11 is 0. The Morgan fingerprint density at radius 1 is 1.43 bits per heavy atom. The monoisotopic (exact) mass is 311 g/mol. The van der Waals surface area contributed by atoms with Gasteiger partial charge in [0.2, 0.25) is 0 Å². The molecule has 3 rings (SSSR count). The van der Waals surface area contributed by atoms with Crippen molar-refractivity contribution in [3.05, 3.63) is 53.3 Å². The number of rotatable bonds is 2. The van der Waals surface area contributed by atoms with Crippen LogP contribution in [0.2, 0.25) is 0 Å². The summed E-state index contributed by atoms with van der Waals surface area (Å²) in [5.41, 5.74) is 0.572. The van der Waals surface area contributed by atoms with Crippen LogP contribution in [0.5, 0.6) is 5.75 Å². The van der Waals surface area contributed by atoms with Gasteiger partial charge in [0.15, 0.2) is 0 Å². The van der Waals surface area contributed by atoms with Gasteiger partial charge in [-0.05, 0) is 44.2 Å². The first kappa shape index (κ1) is 15.1. The van der Waals surface area contributed by atoms with Gasteiger partial charge in [0, 0.05) is 11.8 Å². The average molecular weight is 311 g/mol. The third kappa shape index (κ3) is 2.67. The van der Waals surface area contributed by atoms with E-state index in [0.717, 1.165) is 0 Å². The first-order valence-electron chi connectivity index (χ1n) is 7.28. The van der Waals surface area contributed by atoms with Gasteiger partial charge < -0.3 is 20.1 Å². The van der Waals surface area contributed by atoms with E-state index < -0.39 is 17.7 Å². The van der Waals surface area contributed by atoms with Gasteiger partial charge in [-0.2, -0.15) is 5.26 Å². The molecular weight excluding hydrogens is 294 g/mol. The van der Waals surface area contributed by atoms with Crippen molar-refractivity contribution in [2.24, 2.45) is 0 Å². The molecule has 1 aromatic heterocycles. The largest absolute Gasteiger partial charge is 0.485 e. The van der Waals surface area contributed by atoms with Crippen LogP contribution in [0.4, 0.5) is 0 Å². The van der Waals surface area contributed by atoms with Crippen molar-refractivity contribution in [1.29, 1.82) is 5.26 Å². The molecule has 118 valence electrons. The molecule has 3 N–H and O–H groups in total. The zero-order chi connectivity index (χ0) is 16.6. The summed E-state index contributed by atoms with van der Waals surface area (Å²) in [6.45, 7) is 3.51. The van der Waals surface area contributed by atoms with Gasteiger partial charge in [0.1, 0.15) is 23.1 Å². The minimum atomic E-state index is -0.956. The molecule has 23 heavy (non-hydrogen) atoms. The Morgan fingerprint density at radius 3 is 2.87 bits per heavy atom. The van der Waals surface area contributed by atoms with Gasteiger partial charge >= 0.3 is 0 Å².